The van der Waals surface area contributed by atoms with Crippen LogP contribution in [0.15, 0.2) is 72.8 Å². The maximum absolute atomic E-state index is 12.9. The molecule has 1 aliphatic heterocycles. The molecule has 0 radical (unpaired) electrons. The lowest BCUT2D eigenvalue weighted by molar-refractivity contribution is -0.131. The average molecular weight is 444 g/mol. The van der Waals surface area contributed by atoms with Gasteiger partial charge in [0.2, 0.25) is 5.91 Å². The summed E-state index contributed by atoms with van der Waals surface area (Å²) in [5.74, 6) is 0.948. The van der Waals surface area contributed by atoms with Gasteiger partial charge in [0.25, 0.3) is 0 Å². The third kappa shape index (κ3) is 7.15. The van der Waals surface area contributed by atoms with Crippen LogP contribution in [0.25, 0.3) is 10.8 Å². The zero-order valence-corrected chi connectivity index (χ0v) is 19.6. The summed E-state index contributed by atoms with van der Waals surface area (Å²) in [6.45, 7) is 5.94. The van der Waals surface area contributed by atoms with Crippen LogP contribution in [0.2, 0.25) is 0 Å². The summed E-state index contributed by atoms with van der Waals surface area (Å²) in [4.78, 5) is 15.0. The van der Waals surface area contributed by atoms with Crippen molar-refractivity contribution in [3.05, 3.63) is 83.9 Å². The van der Waals surface area contributed by atoms with E-state index in [2.05, 4.69) is 88.3 Å². The van der Waals surface area contributed by atoms with Gasteiger partial charge in [-0.15, -0.1) is 0 Å². The van der Waals surface area contributed by atoms with Crippen LogP contribution in [0.1, 0.15) is 36.8 Å². The predicted molar refractivity (Wildman–Crippen MR) is 137 cm³/mol. The van der Waals surface area contributed by atoms with Crippen molar-refractivity contribution in [3.8, 4) is 0 Å². The molecule has 0 aliphatic carbocycles. The first-order valence-corrected chi connectivity index (χ1v) is 12.5. The normalized spacial score (nSPS) is 14.6. The number of piperidine rings is 1. The highest BCUT2D eigenvalue weighted by molar-refractivity contribution is 5.90. The number of rotatable bonds is 11. The molecule has 0 bridgehead atoms. The smallest absolute Gasteiger partial charge is 0.227 e. The van der Waals surface area contributed by atoms with E-state index in [9.17, 15) is 4.79 Å². The van der Waals surface area contributed by atoms with E-state index in [-0.39, 0.29) is 5.91 Å². The third-order valence-corrected chi connectivity index (χ3v) is 6.75. The molecule has 1 heterocycles. The fourth-order valence-corrected chi connectivity index (χ4v) is 4.74. The monoisotopic (exact) mass is 443 g/mol. The molecule has 1 fully saturated rings. The minimum Gasteiger partial charge on any atom is -0.342 e. The highest BCUT2D eigenvalue weighted by Gasteiger charge is 2.22. The van der Waals surface area contributed by atoms with Crippen molar-refractivity contribution in [1.29, 1.82) is 0 Å². The van der Waals surface area contributed by atoms with Crippen molar-refractivity contribution in [2.24, 2.45) is 5.92 Å². The van der Waals surface area contributed by atoms with Gasteiger partial charge in [0.05, 0.1) is 6.42 Å². The van der Waals surface area contributed by atoms with Crippen molar-refractivity contribution in [1.82, 2.24) is 15.5 Å². The molecule has 0 unspecified atom stereocenters. The number of amides is 1. The molecule has 174 valence electrons. The van der Waals surface area contributed by atoms with Gasteiger partial charge in [0.15, 0.2) is 0 Å². The van der Waals surface area contributed by atoms with Gasteiger partial charge >= 0.3 is 0 Å². The Morgan fingerprint density at radius 1 is 0.818 bits per heavy atom. The number of fused-ring (bicyclic) bond motifs is 1. The van der Waals surface area contributed by atoms with Crippen LogP contribution in [0.4, 0.5) is 0 Å². The Hall–Kier alpha value is -2.69. The van der Waals surface area contributed by atoms with Crippen molar-refractivity contribution in [2.45, 2.75) is 38.6 Å². The number of nitrogens with zero attached hydrogens (tertiary/aromatic N) is 1. The van der Waals surface area contributed by atoms with Gasteiger partial charge in [-0.2, -0.15) is 0 Å². The Labute approximate surface area is 198 Å². The Balaban J connectivity index is 1.08. The number of carbonyl (C=O) groups excluding carboxylic acids is 1. The van der Waals surface area contributed by atoms with Gasteiger partial charge in [0.1, 0.15) is 0 Å². The molecule has 1 aliphatic rings. The molecule has 0 aromatic heterocycles. The van der Waals surface area contributed by atoms with Gasteiger partial charge in [-0.1, -0.05) is 72.8 Å². The molecule has 0 saturated carbocycles. The number of hydrogen-bond donors (Lipinski definition) is 2. The van der Waals surface area contributed by atoms with Crippen LogP contribution < -0.4 is 10.6 Å². The highest BCUT2D eigenvalue weighted by Crippen LogP contribution is 2.21. The number of likely N-dealkylation sites (tertiary alicyclic amines) is 1. The average Bonchev–Trinajstić information content (AvgIpc) is 2.87. The van der Waals surface area contributed by atoms with Crippen LogP contribution in [-0.2, 0) is 17.8 Å². The minimum absolute atomic E-state index is 0.265. The van der Waals surface area contributed by atoms with Crippen molar-refractivity contribution in [2.75, 3.05) is 32.7 Å². The molecule has 0 atom stereocenters. The van der Waals surface area contributed by atoms with Gasteiger partial charge in [-0.3, -0.25) is 4.79 Å². The van der Waals surface area contributed by atoms with Gasteiger partial charge in [-0.25, -0.2) is 0 Å². The maximum atomic E-state index is 12.9. The van der Waals surface area contributed by atoms with Gasteiger partial charge < -0.3 is 15.5 Å². The van der Waals surface area contributed by atoms with E-state index in [0.29, 0.717) is 12.3 Å². The standard InChI is InChI=1S/C29H37N3O/c33-29(21-27-13-8-12-26-11-4-5-14-28(26)27)32-19-15-25(16-20-32)23-31-18-7-6-17-30-22-24-9-2-1-3-10-24/h1-5,8-14,25,30-31H,6-7,15-23H2. The van der Waals surface area contributed by atoms with Crippen LogP contribution >= 0.6 is 0 Å². The summed E-state index contributed by atoms with van der Waals surface area (Å²) in [6.07, 6.45) is 5.10. The van der Waals surface area contributed by atoms with Crippen molar-refractivity contribution in [3.63, 3.8) is 0 Å². The minimum atomic E-state index is 0.265. The summed E-state index contributed by atoms with van der Waals surface area (Å²) >= 11 is 0. The van der Waals surface area contributed by atoms with E-state index in [0.717, 1.165) is 57.7 Å². The number of carbonyl (C=O) groups is 1. The Morgan fingerprint density at radius 3 is 2.33 bits per heavy atom. The van der Waals surface area contributed by atoms with Crippen LogP contribution in [0.5, 0.6) is 0 Å². The highest BCUT2D eigenvalue weighted by atomic mass is 16.2. The summed E-state index contributed by atoms with van der Waals surface area (Å²) in [6, 6.07) is 25.2. The number of unbranched alkanes of at least 4 members (excludes halogenated alkanes) is 1. The van der Waals surface area contributed by atoms with Crippen molar-refractivity contribution < 1.29 is 4.79 Å². The van der Waals surface area contributed by atoms with Gasteiger partial charge in [0, 0.05) is 19.6 Å². The second-order valence-electron chi connectivity index (χ2n) is 9.21. The van der Waals surface area contributed by atoms with E-state index in [1.54, 1.807) is 0 Å². The first-order chi connectivity index (χ1) is 16.3. The van der Waals surface area contributed by atoms with E-state index < -0.39 is 0 Å². The Kier molecular flexibility index (Phi) is 8.91. The molecule has 4 heteroatoms. The molecular formula is C29H37N3O. The lowest BCUT2D eigenvalue weighted by Crippen LogP contribution is -2.41. The predicted octanol–water partition coefficient (Wildman–Crippen LogP) is 4.78. The first kappa shape index (κ1) is 23.5. The molecule has 0 spiro atoms. The van der Waals surface area contributed by atoms with Gasteiger partial charge in [-0.05, 0) is 73.1 Å². The molecular weight excluding hydrogens is 406 g/mol. The zero-order valence-electron chi connectivity index (χ0n) is 19.6. The molecule has 3 aromatic rings. The van der Waals surface area contributed by atoms with Crippen LogP contribution in [0.3, 0.4) is 0 Å². The van der Waals surface area contributed by atoms with Crippen LogP contribution in [-0.4, -0.2) is 43.5 Å². The lowest BCUT2D eigenvalue weighted by Gasteiger charge is -2.32. The number of benzene rings is 3. The molecule has 4 rings (SSSR count). The topological polar surface area (TPSA) is 44.4 Å². The summed E-state index contributed by atoms with van der Waals surface area (Å²) in [7, 11) is 0. The molecule has 1 saturated heterocycles. The van der Waals surface area contributed by atoms with E-state index >= 15 is 0 Å². The Morgan fingerprint density at radius 2 is 1.52 bits per heavy atom. The lowest BCUT2D eigenvalue weighted by atomic mass is 9.95. The van der Waals surface area contributed by atoms with E-state index in [1.807, 2.05) is 0 Å². The molecule has 33 heavy (non-hydrogen) atoms. The fraction of sp³-hybridized carbons (Fsp3) is 0.414. The molecule has 3 aromatic carbocycles. The molecule has 1 amide bonds. The van der Waals surface area contributed by atoms with E-state index in [4.69, 9.17) is 0 Å². The third-order valence-electron chi connectivity index (χ3n) is 6.75. The summed E-state index contributed by atoms with van der Waals surface area (Å²) in [5.41, 5.74) is 2.48. The summed E-state index contributed by atoms with van der Waals surface area (Å²) in [5, 5.41) is 9.56. The number of nitrogens with one attached hydrogen (secondary N) is 2. The van der Waals surface area contributed by atoms with Crippen molar-refractivity contribution >= 4 is 16.7 Å². The maximum Gasteiger partial charge on any atom is 0.227 e. The second-order valence-corrected chi connectivity index (χ2v) is 9.21. The molecule has 4 nitrogen and oxygen atoms in total. The van der Waals surface area contributed by atoms with Crippen LogP contribution in [0, 0.1) is 5.92 Å². The Bertz CT molecular complexity index is 991. The molecule has 2 N–H and O–H groups in total. The SMILES string of the molecule is O=C(Cc1cccc2ccccc12)N1CCC(CNCCCCNCc2ccccc2)CC1. The quantitative estimate of drug-likeness (QED) is 0.419. The van der Waals surface area contributed by atoms with E-state index in [1.165, 1.54) is 29.2 Å². The summed E-state index contributed by atoms with van der Waals surface area (Å²) < 4.78 is 0. The zero-order chi connectivity index (χ0) is 22.7. The number of hydrogen-bond acceptors (Lipinski definition) is 3. The largest absolute Gasteiger partial charge is 0.342 e. The fourth-order valence-electron chi connectivity index (χ4n) is 4.74. The second kappa shape index (κ2) is 12.5. The first-order valence-electron chi connectivity index (χ1n) is 12.5.